The van der Waals surface area contributed by atoms with Crippen molar-refractivity contribution in [3.63, 3.8) is 0 Å². The Kier molecular flexibility index (Phi) is 6.37. The van der Waals surface area contributed by atoms with Crippen LogP contribution in [0.15, 0.2) is 18.2 Å². The molecule has 0 heterocycles. The molecule has 0 bridgehead atoms. The molecule has 2 rings (SSSR count). The maximum atomic E-state index is 6.14. The Hall–Kier alpha value is -1.22. The third kappa shape index (κ3) is 4.37. The van der Waals surface area contributed by atoms with Crippen molar-refractivity contribution in [2.24, 2.45) is 5.92 Å². The Morgan fingerprint density at radius 2 is 1.95 bits per heavy atom. The largest absolute Gasteiger partial charge is 0.496 e. The first kappa shape index (κ1) is 16.2. The van der Waals surface area contributed by atoms with Gasteiger partial charge in [-0.15, -0.1) is 0 Å². The Bertz CT molecular complexity index is 427. The van der Waals surface area contributed by atoms with Gasteiger partial charge in [-0.1, -0.05) is 25.8 Å². The van der Waals surface area contributed by atoms with Crippen LogP contribution in [0.4, 0.5) is 0 Å². The van der Waals surface area contributed by atoms with Gasteiger partial charge in [0.1, 0.15) is 11.5 Å². The molecule has 21 heavy (non-hydrogen) atoms. The summed E-state index contributed by atoms with van der Waals surface area (Å²) in [4.78, 5) is 0. The van der Waals surface area contributed by atoms with Crippen molar-refractivity contribution in [3.05, 3.63) is 23.8 Å². The molecule has 1 atom stereocenters. The fraction of sp³-hybridized carbons (Fsp3) is 0.667. The topological polar surface area (TPSA) is 30.5 Å². The Morgan fingerprint density at radius 3 is 2.62 bits per heavy atom. The SMILES string of the molecule is CCCNC(C)c1c(OC)cccc1OCC1CCCC1. The first-order chi connectivity index (χ1) is 10.3. The van der Waals surface area contributed by atoms with E-state index in [-0.39, 0.29) is 6.04 Å². The van der Waals surface area contributed by atoms with Crippen LogP contribution in [0.2, 0.25) is 0 Å². The van der Waals surface area contributed by atoms with Crippen LogP contribution < -0.4 is 14.8 Å². The van der Waals surface area contributed by atoms with Gasteiger partial charge in [0.15, 0.2) is 0 Å². The van der Waals surface area contributed by atoms with Crippen LogP contribution in [-0.4, -0.2) is 20.3 Å². The predicted octanol–water partition coefficient (Wildman–Crippen LogP) is 4.32. The number of ether oxygens (including phenoxy) is 2. The highest BCUT2D eigenvalue weighted by Gasteiger charge is 2.20. The van der Waals surface area contributed by atoms with Gasteiger partial charge in [-0.25, -0.2) is 0 Å². The van der Waals surface area contributed by atoms with Gasteiger partial charge in [-0.3, -0.25) is 0 Å². The Morgan fingerprint density at radius 1 is 1.24 bits per heavy atom. The summed E-state index contributed by atoms with van der Waals surface area (Å²) >= 11 is 0. The van der Waals surface area contributed by atoms with Crippen molar-refractivity contribution < 1.29 is 9.47 Å². The van der Waals surface area contributed by atoms with Crippen LogP contribution in [0.25, 0.3) is 0 Å². The first-order valence-corrected chi connectivity index (χ1v) is 8.29. The minimum Gasteiger partial charge on any atom is -0.496 e. The molecule has 0 spiro atoms. The van der Waals surface area contributed by atoms with E-state index in [0.29, 0.717) is 0 Å². The summed E-state index contributed by atoms with van der Waals surface area (Å²) in [5.74, 6) is 2.61. The van der Waals surface area contributed by atoms with Crippen LogP contribution in [0.1, 0.15) is 57.6 Å². The monoisotopic (exact) mass is 291 g/mol. The molecular weight excluding hydrogens is 262 g/mol. The minimum absolute atomic E-state index is 0.236. The highest BCUT2D eigenvalue weighted by atomic mass is 16.5. The van der Waals surface area contributed by atoms with Crippen LogP contribution in [-0.2, 0) is 0 Å². The van der Waals surface area contributed by atoms with Gasteiger partial charge in [0.2, 0.25) is 0 Å². The molecule has 1 aromatic carbocycles. The first-order valence-electron chi connectivity index (χ1n) is 8.29. The molecule has 1 aliphatic rings. The van der Waals surface area contributed by atoms with Crippen LogP contribution >= 0.6 is 0 Å². The van der Waals surface area contributed by atoms with Crippen LogP contribution in [0.3, 0.4) is 0 Å². The van der Waals surface area contributed by atoms with E-state index in [1.54, 1.807) is 7.11 Å². The summed E-state index contributed by atoms with van der Waals surface area (Å²) in [5, 5.41) is 3.53. The molecule has 1 aromatic rings. The standard InChI is InChI=1S/C18H29NO2/c1-4-12-19-14(2)18-16(20-3)10-7-11-17(18)21-13-15-8-5-6-9-15/h7,10-11,14-15,19H,4-6,8-9,12-13H2,1-3H3. The van der Waals surface area contributed by atoms with Gasteiger partial charge in [0, 0.05) is 6.04 Å². The Labute approximate surface area is 129 Å². The molecule has 1 fully saturated rings. The highest BCUT2D eigenvalue weighted by Crippen LogP contribution is 2.35. The number of nitrogens with one attached hydrogen (secondary N) is 1. The molecule has 1 N–H and O–H groups in total. The van der Waals surface area contributed by atoms with Crippen molar-refractivity contribution in [1.29, 1.82) is 0 Å². The quantitative estimate of drug-likeness (QED) is 0.773. The van der Waals surface area contributed by atoms with Gasteiger partial charge in [0.25, 0.3) is 0 Å². The predicted molar refractivity (Wildman–Crippen MR) is 87.2 cm³/mol. The summed E-state index contributed by atoms with van der Waals surface area (Å²) in [7, 11) is 1.73. The minimum atomic E-state index is 0.236. The van der Waals surface area contributed by atoms with E-state index in [9.17, 15) is 0 Å². The molecule has 3 nitrogen and oxygen atoms in total. The summed E-state index contributed by atoms with van der Waals surface area (Å²) in [6, 6.07) is 6.33. The molecule has 1 aliphatic carbocycles. The highest BCUT2D eigenvalue weighted by molar-refractivity contribution is 5.46. The average Bonchev–Trinajstić information content (AvgIpc) is 3.03. The third-order valence-electron chi connectivity index (χ3n) is 4.33. The lowest BCUT2D eigenvalue weighted by Gasteiger charge is -2.22. The molecule has 0 amide bonds. The molecular formula is C18H29NO2. The number of rotatable bonds is 8. The molecule has 0 aromatic heterocycles. The van der Waals surface area contributed by atoms with E-state index in [0.717, 1.165) is 42.6 Å². The number of methoxy groups -OCH3 is 1. The van der Waals surface area contributed by atoms with Gasteiger partial charge in [0.05, 0.1) is 19.3 Å². The maximum Gasteiger partial charge on any atom is 0.127 e. The maximum absolute atomic E-state index is 6.14. The second kappa shape index (κ2) is 8.28. The van der Waals surface area contributed by atoms with Gasteiger partial charge >= 0.3 is 0 Å². The fourth-order valence-electron chi connectivity index (χ4n) is 3.10. The van der Waals surface area contributed by atoms with Crippen molar-refractivity contribution in [2.75, 3.05) is 20.3 Å². The summed E-state index contributed by atoms with van der Waals surface area (Å²) in [6.07, 6.45) is 6.45. The number of hydrogen-bond donors (Lipinski definition) is 1. The smallest absolute Gasteiger partial charge is 0.127 e. The molecule has 0 aliphatic heterocycles. The van der Waals surface area contributed by atoms with Crippen molar-refractivity contribution in [3.8, 4) is 11.5 Å². The van der Waals surface area contributed by atoms with Gasteiger partial charge in [-0.05, 0) is 50.8 Å². The van der Waals surface area contributed by atoms with E-state index < -0.39 is 0 Å². The molecule has 1 unspecified atom stereocenters. The van der Waals surface area contributed by atoms with Crippen LogP contribution in [0, 0.1) is 5.92 Å². The summed E-state index contributed by atoms with van der Waals surface area (Å²) in [5.41, 5.74) is 1.14. The van der Waals surface area contributed by atoms with E-state index in [2.05, 4.69) is 25.2 Å². The zero-order valence-corrected chi connectivity index (χ0v) is 13.7. The van der Waals surface area contributed by atoms with Crippen molar-refractivity contribution >= 4 is 0 Å². The molecule has 0 saturated heterocycles. The number of benzene rings is 1. The Balaban J connectivity index is 2.10. The normalized spacial score (nSPS) is 16.9. The average molecular weight is 291 g/mol. The lowest BCUT2D eigenvalue weighted by molar-refractivity contribution is 0.246. The molecule has 118 valence electrons. The number of hydrogen-bond acceptors (Lipinski definition) is 3. The second-order valence-electron chi connectivity index (χ2n) is 6.01. The molecule has 1 saturated carbocycles. The van der Waals surface area contributed by atoms with E-state index in [1.165, 1.54) is 25.7 Å². The van der Waals surface area contributed by atoms with E-state index in [1.807, 2.05) is 12.1 Å². The van der Waals surface area contributed by atoms with Gasteiger partial charge in [-0.2, -0.15) is 0 Å². The van der Waals surface area contributed by atoms with Crippen LogP contribution in [0.5, 0.6) is 11.5 Å². The second-order valence-corrected chi connectivity index (χ2v) is 6.01. The van der Waals surface area contributed by atoms with E-state index >= 15 is 0 Å². The lowest BCUT2D eigenvalue weighted by Crippen LogP contribution is -2.21. The molecule has 0 radical (unpaired) electrons. The third-order valence-corrected chi connectivity index (χ3v) is 4.33. The molecule has 3 heteroatoms. The zero-order chi connectivity index (χ0) is 15.1. The zero-order valence-electron chi connectivity index (χ0n) is 13.7. The van der Waals surface area contributed by atoms with E-state index in [4.69, 9.17) is 9.47 Å². The fourth-order valence-corrected chi connectivity index (χ4v) is 3.10. The summed E-state index contributed by atoms with van der Waals surface area (Å²) < 4.78 is 11.7. The lowest BCUT2D eigenvalue weighted by atomic mass is 10.1. The van der Waals surface area contributed by atoms with Crippen molar-refractivity contribution in [1.82, 2.24) is 5.32 Å². The van der Waals surface area contributed by atoms with Gasteiger partial charge < -0.3 is 14.8 Å². The summed E-state index contributed by atoms with van der Waals surface area (Å²) in [6.45, 7) is 6.19. The van der Waals surface area contributed by atoms with Crippen molar-refractivity contribution in [2.45, 2.75) is 52.0 Å².